The summed E-state index contributed by atoms with van der Waals surface area (Å²) in [6.07, 6.45) is 1.11. The normalized spacial score (nSPS) is 22.2. The first-order chi connectivity index (χ1) is 16.6. The van der Waals surface area contributed by atoms with Crippen LogP contribution >= 0.6 is 24.4 Å². The molecule has 35 heavy (non-hydrogen) atoms. The zero-order chi connectivity index (χ0) is 25.1. The van der Waals surface area contributed by atoms with Gasteiger partial charge < -0.3 is 26.0 Å². The Morgan fingerprint density at radius 1 is 0.686 bits per heavy atom. The minimum absolute atomic E-state index is 0.100. The minimum Gasteiger partial charge on any atom is -0.457 e. The Hall–Kier alpha value is -2.48. The molecule has 4 N–H and O–H groups in total. The van der Waals surface area contributed by atoms with Crippen molar-refractivity contribution in [2.75, 3.05) is 33.6 Å². The lowest BCUT2D eigenvalue weighted by atomic mass is 10.2. The van der Waals surface area contributed by atoms with E-state index in [4.69, 9.17) is 29.2 Å². The van der Waals surface area contributed by atoms with Gasteiger partial charge in [-0.2, -0.15) is 0 Å². The summed E-state index contributed by atoms with van der Waals surface area (Å²) < 4.78 is 52.1. The van der Waals surface area contributed by atoms with Crippen molar-refractivity contribution < 1.29 is 21.6 Å². The molecule has 0 aliphatic carbocycles. The van der Waals surface area contributed by atoms with Gasteiger partial charge in [0.05, 0.1) is 23.0 Å². The molecule has 188 valence electrons. The average Bonchev–Trinajstić information content (AvgIpc) is 3.30. The molecule has 0 radical (unpaired) electrons. The van der Waals surface area contributed by atoms with Crippen LogP contribution in [0.3, 0.4) is 0 Å². The zero-order valence-corrected chi connectivity index (χ0v) is 22.0. The van der Waals surface area contributed by atoms with Crippen LogP contribution in [0.5, 0.6) is 11.5 Å². The smallest absolute Gasteiger partial charge is 0.171 e. The van der Waals surface area contributed by atoms with Gasteiger partial charge in [-0.1, -0.05) is 0 Å². The highest BCUT2D eigenvalue weighted by Crippen LogP contribution is 2.24. The van der Waals surface area contributed by atoms with Gasteiger partial charge in [-0.25, -0.2) is 16.8 Å². The van der Waals surface area contributed by atoms with Gasteiger partial charge in [-0.3, -0.25) is 0 Å². The van der Waals surface area contributed by atoms with Crippen LogP contribution in [0, 0.1) is 0 Å². The predicted molar refractivity (Wildman–Crippen MR) is 146 cm³/mol. The molecule has 2 atom stereocenters. The molecule has 0 bridgehead atoms. The maximum Gasteiger partial charge on any atom is 0.171 e. The predicted octanol–water partition coefficient (Wildman–Crippen LogP) is 2.43. The van der Waals surface area contributed by atoms with Crippen molar-refractivity contribution in [1.29, 1.82) is 0 Å². The lowest BCUT2D eigenvalue weighted by Crippen LogP contribution is -2.38. The third-order valence-electron chi connectivity index (χ3n) is 5.60. The van der Waals surface area contributed by atoms with Gasteiger partial charge in [0.15, 0.2) is 29.9 Å². The number of rotatable bonds is 6. The Kier molecular flexibility index (Phi) is 7.79. The number of benzene rings is 2. The first-order valence-electron chi connectivity index (χ1n) is 11.0. The van der Waals surface area contributed by atoms with Crippen molar-refractivity contribution in [2.45, 2.75) is 24.9 Å². The van der Waals surface area contributed by atoms with E-state index in [1.807, 2.05) is 24.3 Å². The number of thiocarbonyl (C=S) groups is 2. The fourth-order valence-electron chi connectivity index (χ4n) is 3.87. The summed E-state index contributed by atoms with van der Waals surface area (Å²) in [5, 5.41) is 13.0. The second-order valence-corrected chi connectivity index (χ2v) is 13.8. The number of anilines is 2. The van der Waals surface area contributed by atoms with E-state index in [1.165, 1.54) is 0 Å². The molecule has 2 aliphatic heterocycles. The van der Waals surface area contributed by atoms with E-state index in [0.29, 0.717) is 34.6 Å². The molecule has 0 amide bonds. The standard InChI is InChI=1S/C22H26N4O5S4/c27-34(28)11-9-17(13-34)25-21(32)23-15-1-5-19(6-2-15)31-20-7-3-16(4-8-20)24-22(33)26-18-10-12-35(29,30)14-18/h1-8,17-18H,9-14H2,(H2,23,25,32)(H2,24,26,33). The summed E-state index contributed by atoms with van der Waals surface area (Å²) in [7, 11) is -5.93. The lowest BCUT2D eigenvalue weighted by molar-refractivity contribution is 0.483. The van der Waals surface area contributed by atoms with Crippen molar-refractivity contribution in [3.8, 4) is 11.5 Å². The number of nitrogens with one attached hydrogen (secondary N) is 4. The Bertz CT molecular complexity index is 1190. The molecule has 2 aromatic carbocycles. The molecule has 9 nitrogen and oxygen atoms in total. The Morgan fingerprint density at radius 2 is 1.06 bits per heavy atom. The maximum absolute atomic E-state index is 11.6. The van der Waals surface area contributed by atoms with E-state index >= 15 is 0 Å². The van der Waals surface area contributed by atoms with Crippen LogP contribution in [0.25, 0.3) is 0 Å². The molecule has 4 rings (SSSR count). The van der Waals surface area contributed by atoms with E-state index in [2.05, 4.69) is 21.3 Å². The van der Waals surface area contributed by atoms with E-state index in [0.717, 1.165) is 11.4 Å². The molecule has 2 aliphatic rings. The molecule has 0 aromatic heterocycles. The highest BCUT2D eigenvalue weighted by molar-refractivity contribution is 7.92. The van der Waals surface area contributed by atoms with Crippen molar-refractivity contribution >= 4 is 65.7 Å². The molecule has 2 fully saturated rings. The van der Waals surface area contributed by atoms with Crippen LogP contribution in [0.15, 0.2) is 48.5 Å². The van der Waals surface area contributed by atoms with Gasteiger partial charge in [-0.05, 0) is 85.8 Å². The summed E-state index contributed by atoms with van der Waals surface area (Å²) in [5.41, 5.74) is 1.51. The third kappa shape index (κ3) is 7.75. The second kappa shape index (κ2) is 10.6. The van der Waals surface area contributed by atoms with E-state index in [1.54, 1.807) is 24.3 Å². The van der Waals surface area contributed by atoms with Gasteiger partial charge in [0, 0.05) is 23.5 Å². The van der Waals surface area contributed by atoms with Gasteiger partial charge in [0.25, 0.3) is 0 Å². The number of ether oxygens (including phenoxy) is 1. The number of hydrogen-bond donors (Lipinski definition) is 4. The molecule has 0 saturated carbocycles. The topological polar surface area (TPSA) is 126 Å². The summed E-state index contributed by atoms with van der Waals surface area (Å²) in [5.74, 6) is 1.85. The Balaban J connectivity index is 1.23. The van der Waals surface area contributed by atoms with Gasteiger partial charge >= 0.3 is 0 Å². The fraction of sp³-hybridized carbons (Fsp3) is 0.364. The van der Waals surface area contributed by atoms with Crippen LogP contribution in [0.2, 0.25) is 0 Å². The molecule has 2 unspecified atom stereocenters. The molecule has 13 heteroatoms. The first kappa shape index (κ1) is 25.6. The highest BCUT2D eigenvalue weighted by atomic mass is 32.2. The van der Waals surface area contributed by atoms with Gasteiger partial charge in [0.2, 0.25) is 0 Å². The lowest BCUT2D eigenvalue weighted by Gasteiger charge is -2.15. The van der Waals surface area contributed by atoms with Gasteiger partial charge in [-0.15, -0.1) is 0 Å². The summed E-state index contributed by atoms with van der Waals surface area (Å²) >= 11 is 10.6. The quantitative estimate of drug-likeness (QED) is 0.394. The maximum atomic E-state index is 11.6. The van der Waals surface area contributed by atoms with Crippen molar-refractivity contribution in [3.05, 3.63) is 48.5 Å². The van der Waals surface area contributed by atoms with Crippen molar-refractivity contribution in [1.82, 2.24) is 10.6 Å². The molecular formula is C22H26N4O5S4. The van der Waals surface area contributed by atoms with E-state index in [9.17, 15) is 16.8 Å². The summed E-state index contributed by atoms with van der Waals surface area (Å²) in [6.45, 7) is 0. The first-order valence-corrected chi connectivity index (χ1v) is 15.5. The second-order valence-electron chi connectivity index (χ2n) is 8.55. The van der Waals surface area contributed by atoms with Crippen LogP contribution in [0.1, 0.15) is 12.8 Å². The van der Waals surface area contributed by atoms with Crippen molar-refractivity contribution in [3.63, 3.8) is 0 Å². The third-order valence-corrected chi connectivity index (χ3v) is 9.57. The van der Waals surface area contributed by atoms with Gasteiger partial charge in [0.1, 0.15) is 11.5 Å². The largest absolute Gasteiger partial charge is 0.457 e. The van der Waals surface area contributed by atoms with E-state index < -0.39 is 19.7 Å². The molecule has 2 saturated heterocycles. The zero-order valence-electron chi connectivity index (χ0n) is 18.7. The number of sulfone groups is 2. The number of hydrogen-bond acceptors (Lipinski definition) is 7. The summed E-state index contributed by atoms with van der Waals surface area (Å²) in [6, 6.07) is 14.1. The van der Waals surface area contributed by atoms with E-state index in [-0.39, 0.29) is 35.1 Å². The van der Waals surface area contributed by atoms with Crippen LogP contribution in [-0.2, 0) is 19.7 Å². The Morgan fingerprint density at radius 3 is 1.37 bits per heavy atom. The van der Waals surface area contributed by atoms with Crippen LogP contribution in [-0.4, -0.2) is 62.2 Å². The molecular weight excluding hydrogens is 529 g/mol. The molecule has 2 aromatic rings. The average molecular weight is 555 g/mol. The molecule has 2 heterocycles. The van der Waals surface area contributed by atoms with Crippen LogP contribution < -0.4 is 26.0 Å². The highest BCUT2D eigenvalue weighted by Gasteiger charge is 2.29. The monoisotopic (exact) mass is 554 g/mol. The van der Waals surface area contributed by atoms with Crippen LogP contribution in [0.4, 0.5) is 11.4 Å². The minimum atomic E-state index is -2.97. The SMILES string of the molecule is O=S1(=O)CCC(NC(=S)Nc2ccc(Oc3ccc(NC(=S)NC4CCS(=O)(=O)C4)cc3)cc2)C1. The Labute approximate surface area is 215 Å². The fourth-order valence-corrected chi connectivity index (χ4v) is 7.79. The summed E-state index contributed by atoms with van der Waals surface area (Å²) in [4.78, 5) is 0. The van der Waals surface area contributed by atoms with Crippen molar-refractivity contribution in [2.24, 2.45) is 0 Å². The molecule has 0 spiro atoms.